The Hall–Kier alpha value is -3.46. The summed E-state index contributed by atoms with van der Waals surface area (Å²) in [5, 5.41) is 11.1. The van der Waals surface area contributed by atoms with E-state index in [1.165, 1.54) is 16.0 Å². The molecule has 0 bridgehead atoms. The van der Waals surface area contributed by atoms with E-state index in [1.54, 1.807) is 12.1 Å². The van der Waals surface area contributed by atoms with Crippen LogP contribution in [0.15, 0.2) is 88.2 Å². The fraction of sp³-hybridized carbons (Fsp3) is 0.294. The van der Waals surface area contributed by atoms with Gasteiger partial charge in [0.2, 0.25) is 0 Å². The van der Waals surface area contributed by atoms with Gasteiger partial charge in [-0.05, 0) is 85.2 Å². The summed E-state index contributed by atoms with van der Waals surface area (Å²) >= 11 is 8.00. The van der Waals surface area contributed by atoms with Crippen molar-refractivity contribution in [3.63, 3.8) is 0 Å². The van der Waals surface area contributed by atoms with Gasteiger partial charge in [0, 0.05) is 39.0 Å². The monoisotopic (exact) mass is 567 g/mol. The molecule has 1 heterocycles. The second kappa shape index (κ2) is 10.8. The van der Waals surface area contributed by atoms with E-state index in [0.717, 1.165) is 33.8 Å². The van der Waals surface area contributed by atoms with Gasteiger partial charge in [-0.15, -0.1) is 11.8 Å². The lowest BCUT2D eigenvalue weighted by molar-refractivity contribution is -0.118. The number of hydrogen-bond acceptors (Lipinski definition) is 5. The number of nitrogens with zero attached hydrogens (tertiary/aromatic N) is 2. The van der Waals surface area contributed by atoms with Crippen molar-refractivity contribution in [2.45, 2.75) is 64.0 Å². The number of carbonyl (C=O) groups is 1. The Morgan fingerprint density at radius 2 is 1.77 bits per heavy atom. The molecule has 0 aromatic heterocycles. The Bertz CT molecular complexity index is 1610. The van der Waals surface area contributed by atoms with Gasteiger partial charge in [-0.2, -0.15) is 5.26 Å². The average molecular weight is 568 g/mol. The summed E-state index contributed by atoms with van der Waals surface area (Å²) in [7, 11) is 0. The van der Waals surface area contributed by atoms with Gasteiger partial charge in [0.25, 0.3) is 0 Å². The van der Waals surface area contributed by atoms with Gasteiger partial charge < -0.3 is 5.73 Å². The fourth-order valence-electron chi connectivity index (χ4n) is 5.99. The van der Waals surface area contributed by atoms with E-state index in [4.69, 9.17) is 17.3 Å². The number of hydrogen-bond donors (Lipinski definition) is 1. The number of ketones is 1. The molecule has 2 N–H and O–H groups in total. The van der Waals surface area contributed by atoms with Crippen LogP contribution in [0.5, 0.6) is 0 Å². The molecular weight excluding hydrogens is 534 g/mol. The maximum atomic E-state index is 14.0. The van der Waals surface area contributed by atoms with Crippen molar-refractivity contribution in [2.24, 2.45) is 11.1 Å². The third kappa shape index (κ3) is 5.19. The minimum absolute atomic E-state index is 0.0761. The highest BCUT2D eigenvalue weighted by Crippen LogP contribution is 2.51. The first-order valence-electron chi connectivity index (χ1n) is 13.5. The van der Waals surface area contributed by atoms with Crippen molar-refractivity contribution in [3.05, 3.63) is 116 Å². The number of rotatable bonds is 5. The molecule has 0 amide bonds. The number of halogens is 1. The number of thioether (sulfide) groups is 1. The van der Waals surface area contributed by atoms with E-state index < -0.39 is 5.92 Å². The van der Waals surface area contributed by atoms with E-state index >= 15 is 0 Å². The number of anilines is 1. The van der Waals surface area contributed by atoms with E-state index in [2.05, 4.69) is 77.1 Å². The standard InChI is InChI=1S/C34H34ClN3OS/c1-20-14-23(19-40-30-9-7-6-8-21(30)2)22(3)26(15-20)31-27(18-36)33(37)38(25-12-10-24(35)11-13-25)28-16-34(4,5)17-29(39)32(28)31/h6-15,31H,16-17,19,37H2,1-5H3. The van der Waals surface area contributed by atoms with Crippen LogP contribution in [0.3, 0.4) is 0 Å². The summed E-state index contributed by atoms with van der Waals surface area (Å²) in [6, 6.07) is 22.5. The maximum Gasteiger partial charge on any atom is 0.162 e. The predicted octanol–water partition coefficient (Wildman–Crippen LogP) is 8.50. The molecule has 0 fully saturated rings. The molecule has 5 rings (SSSR count). The van der Waals surface area contributed by atoms with Crippen LogP contribution in [0.4, 0.5) is 5.69 Å². The first-order valence-corrected chi connectivity index (χ1v) is 14.9. The topological polar surface area (TPSA) is 70.1 Å². The zero-order valence-electron chi connectivity index (χ0n) is 23.6. The van der Waals surface area contributed by atoms with Gasteiger partial charge in [0.05, 0.1) is 17.6 Å². The number of nitrogens with two attached hydrogens (primary N) is 1. The van der Waals surface area contributed by atoms with E-state index in [1.807, 2.05) is 28.8 Å². The summed E-state index contributed by atoms with van der Waals surface area (Å²) < 4.78 is 0. The van der Waals surface area contributed by atoms with Gasteiger partial charge in [-0.1, -0.05) is 61.3 Å². The van der Waals surface area contributed by atoms with Gasteiger partial charge in [0.15, 0.2) is 5.78 Å². The minimum atomic E-state index is -0.505. The second-order valence-corrected chi connectivity index (χ2v) is 13.1. The highest BCUT2D eigenvalue weighted by atomic mass is 35.5. The lowest BCUT2D eigenvalue weighted by atomic mass is 9.68. The van der Waals surface area contributed by atoms with E-state index in [9.17, 15) is 10.1 Å². The van der Waals surface area contributed by atoms with Crippen molar-refractivity contribution in [1.82, 2.24) is 0 Å². The molecule has 0 spiro atoms. The van der Waals surface area contributed by atoms with Crippen molar-refractivity contribution in [1.29, 1.82) is 5.26 Å². The van der Waals surface area contributed by atoms with Crippen molar-refractivity contribution in [2.75, 3.05) is 4.90 Å². The quantitative estimate of drug-likeness (QED) is 0.313. The van der Waals surface area contributed by atoms with Gasteiger partial charge in [-0.3, -0.25) is 9.69 Å². The maximum absolute atomic E-state index is 14.0. The Morgan fingerprint density at radius 3 is 2.45 bits per heavy atom. The number of Topliss-reactive ketones (excluding diaryl/α,β-unsaturated/α-hetero) is 1. The molecule has 6 heteroatoms. The molecule has 3 aromatic rings. The molecule has 0 saturated carbocycles. The number of allylic oxidation sites excluding steroid dienone is 3. The van der Waals surface area contributed by atoms with E-state index in [0.29, 0.717) is 34.8 Å². The Balaban J connectivity index is 1.67. The third-order valence-corrected chi connectivity index (χ3v) is 9.43. The van der Waals surface area contributed by atoms with Crippen molar-refractivity contribution < 1.29 is 4.79 Å². The average Bonchev–Trinajstić information content (AvgIpc) is 2.89. The summed E-state index contributed by atoms with van der Waals surface area (Å²) in [6.07, 6.45) is 1.10. The SMILES string of the molecule is Cc1cc(CSc2ccccc2C)c(C)c(C2C(C#N)=C(N)N(c3ccc(Cl)cc3)C3=C2C(=O)CC(C)(C)C3)c1. The molecule has 204 valence electrons. The van der Waals surface area contributed by atoms with Crippen LogP contribution >= 0.6 is 23.4 Å². The molecule has 1 atom stereocenters. The highest BCUT2D eigenvalue weighted by molar-refractivity contribution is 7.98. The molecule has 0 saturated heterocycles. The van der Waals surface area contributed by atoms with E-state index in [-0.39, 0.29) is 11.2 Å². The number of benzene rings is 3. The molecule has 0 radical (unpaired) electrons. The first kappa shape index (κ1) is 28.1. The summed E-state index contributed by atoms with van der Waals surface area (Å²) in [5.41, 5.74) is 15.0. The fourth-order valence-corrected chi connectivity index (χ4v) is 7.20. The van der Waals surface area contributed by atoms with Gasteiger partial charge in [-0.25, -0.2) is 0 Å². The first-order chi connectivity index (χ1) is 19.0. The Morgan fingerprint density at radius 1 is 1.07 bits per heavy atom. The number of aryl methyl sites for hydroxylation is 2. The molecule has 40 heavy (non-hydrogen) atoms. The lowest BCUT2D eigenvalue weighted by Gasteiger charge is -2.44. The predicted molar refractivity (Wildman–Crippen MR) is 165 cm³/mol. The zero-order chi connectivity index (χ0) is 28.8. The normalized spacial score (nSPS) is 18.6. The lowest BCUT2D eigenvalue weighted by Crippen LogP contribution is -2.42. The Kier molecular flexibility index (Phi) is 7.61. The van der Waals surface area contributed by atoms with Crippen LogP contribution in [-0.4, -0.2) is 5.78 Å². The zero-order valence-corrected chi connectivity index (χ0v) is 25.2. The molecule has 1 aliphatic carbocycles. The van der Waals surface area contributed by atoms with Crippen LogP contribution in [0.25, 0.3) is 0 Å². The molecule has 4 nitrogen and oxygen atoms in total. The largest absolute Gasteiger partial charge is 0.384 e. The second-order valence-electron chi connectivity index (χ2n) is 11.6. The molecule has 3 aromatic carbocycles. The smallest absolute Gasteiger partial charge is 0.162 e. The van der Waals surface area contributed by atoms with Crippen molar-refractivity contribution in [3.8, 4) is 6.07 Å². The highest BCUT2D eigenvalue weighted by Gasteiger charge is 2.45. The van der Waals surface area contributed by atoms with Crippen molar-refractivity contribution >= 4 is 34.8 Å². The van der Waals surface area contributed by atoms with Crippen LogP contribution in [0, 0.1) is 37.5 Å². The number of nitriles is 1. The number of carbonyl (C=O) groups excluding carboxylic acids is 1. The van der Waals surface area contributed by atoms with Gasteiger partial charge >= 0.3 is 0 Å². The van der Waals surface area contributed by atoms with Crippen LogP contribution in [0.2, 0.25) is 5.02 Å². The van der Waals surface area contributed by atoms with Crippen LogP contribution < -0.4 is 10.6 Å². The molecular formula is C34H34ClN3OS. The third-order valence-electron chi connectivity index (χ3n) is 7.95. The molecule has 2 aliphatic rings. The molecule has 1 aliphatic heterocycles. The summed E-state index contributed by atoms with van der Waals surface area (Å²) in [5.74, 6) is 0.737. The Labute approximate surface area is 246 Å². The summed E-state index contributed by atoms with van der Waals surface area (Å²) in [6.45, 7) is 10.5. The minimum Gasteiger partial charge on any atom is -0.384 e. The van der Waals surface area contributed by atoms with Crippen LogP contribution in [0.1, 0.15) is 60.4 Å². The van der Waals surface area contributed by atoms with Crippen LogP contribution in [-0.2, 0) is 10.5 Å². The summed E-state index contributed by atoms with van der Waals surface area (Å²) in [4.78, 5) is 17.1. The molecule has 1 unspecified atom stereocenters. The van der Waals surface area contributed by atoms with Gasteiger partial charge in [0.1, 0.15) is 5.82 Å².